The van der Waals surface area contributed by atoms with E-state index in [4.69, 9.17) is 28.4 Å². The molecule has 17 unspecified atom stereocenters. The maximum absolute atomic E-state index is 13.4. The molecule has 0 aromatic heterocycles. The van der Waals surface area contributed by atoms with Gasteiger partial charge in [0.15, 0.2) is 18.9 Å². The molecular weight excluding hydrogens is 1240 g/mol. The number of nitrogens with one attached hydrogen (secondary N) is 1. The fraction of sp³-hybridized carbons (Fsp3) is 0.808. The van der Waals surface area contributed by atoms with Crippen LogP contribution in [0.1, 0.15) is 271 Å². The van der Waals surface area contributed by atoms with Crippen molar-refractivity contribution >= 4 is 5.91 Å². The van der Waals surface area contributed by atoms with E-state index in [1.165, 1.54) is 141 Å². The number of carbonyl (C=O) groups is 1. The Bertz CT molecular complexity index is 2080. The summed E-state index contributed by atoms with van der Waals surface area (Å²) in [5.41, 5.74) is 0. The van der Waals surface area contributed by atoms with E-state index >= 15 is 0 Å². The smallest absolute Gasteiger partial charge is 0.220 e. The minimum Gasteiger partial charge on any atom is -0.394 e. The molecule has 3 aliphatic heterocycles. The summed E-state index contributed by atoms with van der Waals surface area (Å²) in [7, 11) is 0. The summed E-state index contributed by atoms with van der Waals surface area (Å²) >= 11 is 0. The third kappa shape index (κ3) is 39.3. The topological polar surface area (TPSA) is 307 Å². The lowest BCUT2D eigenvalue weighted by molar-refractivity contribution is -0.379. The third-order valence-electron chi connectivity index (χ3n) is 18.7. The molecule has 0 saturated carbocycles. The van der Waals surface area contributed by atoms with Gasteiger partial charge in [-0.05, 0) is 77.0 Å². The fourth-order valence-electron chi connectivity index (χ4n) is 12.5. The van der Waals surface area contributed by atoms with Crippen molar-refractivity contribution in [3.63, 3.8) is 0 Å². The van der Waals surface area contributed by atoms with Crippen LogP contribution >= 0.6 is 0 Å². The Labute approximate surface area is 584 Å². The largest absolute Gasteiger partial charge is 0.394 e. The van der Waals surface area contributed by atoms with Gasteiger partial charge in [-0.25, -0.2) is 0 Å². The molecule has 97 heavy (non-hydrogen) atoms. The zero-order valence-electron chi connectivity index (χ0n) is 59.8. The highest BCUT2D eigenvalue weighted by Gasteiger charge is 2.53. The van der Waals surface area contributed by atoms with E-state index < -0.39 is 124 Å². The molecule has 0 bridgehead atoms. The number of ether oxygens (including phenoxy) is 6. The number of hydrogen-bond donors (Lipinski definition) is 12. The quantitative estimate of drug-likeness (QED) is 0.0199. The van der Waals surface area contributed by atoms with Crippen molar-refractivity contribution in [3.8, 4) is 0 Å². The molecular formula is C78H137NO18. The normalized spacial score (nSPS) is 27.4. The molecule has 19 heteroatoms. The van der Waals surface area contributed by atoms with E-state index in [-0.39, 0.29) is 18.9 Å². The number of rotatable bonds is 59. The molecule has 3 fully saturated rings. The van der Waals surface area contributed by atoms with Gasteiger partial charge < -0.3 is 89.9 Å². The highest BCUT2D eigenvalue weighted by molar-refractivity contribution is 5.76. The van der Waals surface area contributed by atoms with Crippen molar-refractivity contribution in [2.24, 2.45) is 0 Å². The van der Waals surface area contributed by atoms with Gasteiger partial charge in [-0.15, -0.1) is 0 Å². The molecule has 3 rings (SSSR count). The molecule has 1 amide bonds. The summed E-state index contributed by atoms with van der Waals surface area (Å²) in [5.74, 6) is -0.297. The minimum atomic E-state index is -1.99. The van der Waals surface area contributed by atoms with Crippen molar-refractivity contribution in [3.05, 3.63) is 85.1 Å². The zero-order valence-corrected chi connectivity index (χ0v) is 59.8. The van der Waals surface area contributed by atoms with E-state index in [0.717, 1.165) is 96.3 Å². The van der Waals surface area contributed by atoms with Gasteiger partial charge in [0.25, 0.3) is 0 Å². The maximum atomic E-state index is 13.4. The van der Waals surface area contributed by atoms with Gasteiger partial charge in [-0.2, -0.15) is 0 Å². The van der Waals surface area contributed by atoms with Crippen LogP contribution in [0.3, 0.4) is 0 Å². The molecule has 3 aliphatic rings. The standard InChI is InChI=1S/C78H137NO18/c1-3-5-7-9-11-13-15-17-19-21-23-25-27-28-29-30-31-32-34-35-37-39-41-43-45-47-49-51-53-55-62(83)61(79-66(84)56-54-52-50-48-46-44-42-40-38-36-33-26-24-22-20-18-16-14-12-10-8-6-4-2)60-92-76-72(90)69(87)74(64(58-81)94-76)97-78-73(91)70(88)75(65(59-82)95-78)96-77-71(89)68(86)67(85)63(57-80)93-77/h6,8,12,14,18,20,24,26,36,38,45,47,53,55,61-65,67-78,80-83,85-91H,3-5,7,9-11,13,15-17,19,21-23,25,27-35,37,39-44,46,48-52,54,56-60H2,1-2H3,(H,79,84)/b8-6-,14-12-,20-18-,26-24-,38-36-,47-45+,55-53+. The van der Waals surface area contributed by atoms with Crippen molar-refractivity contribution < 1.29 is 89.4 Å². The Kier molecular flexibility index (Phi) is 53.2. The lowest BCUT2D eigenvalue weighted by atomic mass is 9.96. The second kappa shape index (κ2) is 58.5. The van der Waals surface area contributed by atoms with Gasteiger partial charge in [0.05, 0.1) is 38.6 Å². The molecule has 562 valence electrons. The summed E-state index contributed by atoms with van der Waals surface area (Å²) in [6, 6.07) is -1.00. The van der Waals surface area contributed by atoms with Crippen molar-refractivity contribution in [2.45, 2.75) is 375 Å². The van der Waals surface area contributed by atoms with E-state index in [2.05, 4.69) is 92.1 Å². The molecule has 3 heterocycles. The molecule has 0 aromatic carbocycles. The molecule has 19 nitrogen and oxygen atoms in total. The summed E-state index contributed by atoms with van der Waals surface area (Å²) in [6.45, 7) is 1.61. The van der Waals surface area contributed by atoms with Crippen LogP contribution in [0.15, 0.2) is 85.1 Å². The lowest BCUT2D eigenvalue weighted by Gasteiger charge is -2.48. The highest BCUT2D eigenvalue weighted by Crippen LogP contribution is 2.33. The summed E-state index contributed by atoms with van der Waals surface area (Å²) in [5, 5.41) is 121. The van der Waals surface area contributed by atoms with Crippen LogP contribution in [0.5, 0.6) is 0 Å². The summed E-state index contributed by atoms with van der Waals surface area (Å²) in [4.78, 5) is 13.4. The number of amides is 1. The monoisotopic (exact) mass is 1380 g/mol. The highest BCUT2D eigenvalue weighted by atomic mass is 16.8. The third-order valence-corrected chi connectivity index (χ3v) is 18.7. The molecule has 17 atom stereocenters. The Balaban J connectivity index is 1.42. The molecule has 12 N–H and O–H groups in total. The minimum absolute atomic E-state index is 0.218. The van der Waals surface area contributed by atoms with Crippen LogP contribution in [-0.4, -0.2) is 193 Å². The first-order chi connectivity index (χ1) is 47.3. The molecule has 0 radical (unpaired) electrons. The van der Waals surface area contributed by atoms with Crippen molar-refractivity contribution in [1.82, 2.24) is 5.32 Å². The first-order valence-electron chi connectivity index (χ1n) is 38.3. The van der Waals surface area contributed by atoms with Gasteiger partial charge in [-0.3, -0.25) is 4.79 Å². The molecule has 0 spiro atoms. The van der Waals surface area contributed by atoms with E-state index in [1.54, 1.807) is 6.08 Å². The predicted molar refractivity (Wildman–Crippen MR) is 383 cm³/mol. The molecule has 0 aliphatic carbocycles. The number of unbranched alkanes of at least 4 members (excludes halogenated alkanes) is 31. The van der Waals surface area contributed by atoms with E-state index in [0.29, 0.717) is 12.8 Å². The maximum Gasteiger partial charge on any atom is 0.220 e. The van der Waals surface area contributed by atoms with Crippen LogP contribution in [0.2, 0.25) is 0 Å². The van der Waals surface area contributed by atoms with Crippen LogP contribution in [0.25, 0.3) is 0 Å². The average molecular weight is 1380 g/mol. The van der Waals surface area contributed by atoms with Crippen LogP contribution in [-0.2, 0) is 33.2 Å². The Morgan fingerprint density at radius 1 is 0.381 bits per heavy atom. The Morgan fingerprint density at radius 2 is 0.722 bits per heavy atom. The van der Waals surface area contributed by atoms with Crippen molar-refractivity contribution in [1.29, 1.82) is 0 Å². The van der Waals surface area contributed by atoms with E-state index in [9.17, 15) is 61.0 Å². The fourth-order valence-corrected chi connectivity index (χ4v) is 12.5. The summed E-state index contributed by atoms with van der Waals surface area (Å²) in [6.07, 6.45) is 49.9. The molecule has 0 aromatic rings. The van der Waals surface area contributed by atoms with E-state index in [1.807, 2.05) is 6.08 Å². The van der Waals surface area contributed by atoms with Gasteiger partial charge in [0, 0.05) is 6.42 Å². The summed E-state index contributed by atoms with van der Waals surface area (Å²) < 4.78 is 34.4. The Hall–Kier alpha value is -3.03. The second-order valence-corrected chi connectivity index (χ2v) is 27.1. The van der Waals surface area contributed by atoms with Gasteiger partial charge in [0.2, 0.25) is 5.91 Å². The first kappa shape index (κ1) is 88.2. The number of hydrogen-bond acceptors (Lipinski definition) is 18. The molecule has 3 saturated heterocycles. The van der Waals surface area contributed by atoms with Crippen molar-refractivity contribution in [2.75, 3.05) is 26.4 Å². The first-order valence-corrected chi connectivity index (χ1v) is 38.3. The lowest BCUT2D eigenvalue weighted by Crippen LogP contribution is -2.66. The van der Waals surface area contributed by atoms with Gasteiger partial charge >= 0.3 is 0 Å². The Morgan fingerprint density at radius 3 is 1.15 bits per heavy atom. The number of aliphatic hydroxyl groups excluding tert-OH is 11. The second-order valence-electron chi connectivity index (χ2n) is 27.1. The number of carbonyl (C=O) groups excluding carboxylic acids is 1. The number of allylic oxidation sites excluding steroid dienone is 13. The predicted octanol–water partition coefficient (Wildman–Crippen LogP) is 11.8. The zero-order chi connectivity index (χ0) is 70.4. The van der Waals surface area contributed by atoms with Crippen LogP contribution in [0, 0.1) is 0 Å². The van der Waals surface area contributed by atoms with Gasteiger partial charge in [-0.1, -0.05) is 272 Å². The number of aliphatic hydroxyl groups is 11. The van der Waals surface area contributed by atoms with Crippen LogP contribution in [0.4, 0.5) is 0 Å². The van der Waals surface area contributed by atoms with Gasteiger partial charge in [0.1, 0.15) is 73.2 Å². The SMILES string of the molecule is CC/C=C\C/C=C\C/C=C\C/C=C\C/C=C\CCCCCCCCCC(=O)NC(COC1OC(CO)C(OC2OC(CO)C(OC3OC(CO)C(O)C(O)C3O)C(O)C2O)C(O)C1O)C(O)/C=C/CC/C=C/CCCCCCCCCCCCCCCCCCCCCCCCC. The average Bonchev–Trinajstić information content (AvgIpc) is 0.826. The van der Waals surface area contributed by atoms with Crippen LogP contribution < -0.4 is 5.32 Å².